The number of rotatable bonds is 0. The zero-order chi connectivity index (χ0) is 11.3. The van der Waals surface area contributed by atoms with Gasteiger partial charge in [0.1, 0.15) is 5.57 Å². The van der Waals surface area contributed by atoms with Gasteiger partial charge in [0.15, 0.2) is 0 Å². The van der Waals surface area contributed by atoms with Crippen molar-refractivity contribution in [1.29, 1.82) is 5.41 Å². The Morgan fingerprint density at radius 3 is 2.50 bits per heavy atom. The van der Waals surface area contributed by atoms with E-state index in [-0.39, 0.29) is 17.2 Å². The second kappa shape index (κ2) is 2.71. The van der Waals surface area contributed by atoms with E-state index >= 15 is 0 Å². The smallest absolute Gasteiger partial charge is 0.321 e. The van der Waals surface area contributed by atoms with Crippen molar-refractivity contribution in [3.63, 3.8) is 0 Å². The van der Waals surface area contributed by atoms with Gasteiger partial charge in [-0.2, -0.15) is 0 Å². The van der Waals surface area contributed by atoms with Crippen LogP contribution in [0.3, 0.4) is 0 Å². The van der Waals surface area contributed by atoms with E-state index in [4.69, 9.17) is 5.41 Å². The normalized spacial score (nSPS) is 13.8. The maximum atomic E-state index is 11.4. The number of aromatic nitrogens is 2. The average molecular weight is 214 g/mol. The lowest BCUT2D eigenvalue weighted by atomic mass is 10.1. The summed E-state index contributed by atoms with van der Waals surface area (Å²) < 4.78 is 0. The highest BCUT2D eigenvalue weighted by molar-refractivity contribution is 6.38. The fraction of sp³-hybridized carbons (Fsp3) is 0. The fourth-order valence-electron chi connectivity index (χ4n) is 1.82. The number of amides is 1. The fourth-order valence-corrected chi connectivity index (χ4v) is 1.82. The maximum absolute atomic E-state index is 11.4. The first-order valence-corrected chi connectivity index (χ1v) is 4.56. The first-order valence-electron chi connectivity index (χ1n) is 4.56. The van der Waals surface area contributed by atoms with E-state index in [0.29, 0.717) is 22.3 Å². The topological polar surface area (TPSA) is 102 Å². The van der Waals surface area contributed by atoms with Crippen LogP contribution >= 0.6 is 0 Å². The molecule has 78 valence electrons. The van der Waals surface area contributed by atoms with Gasteiger partial charge in [-0.05, 0) is 18.0 Å². The van der Waals surface area contributed by atoms with Crippen molar-refractivity contribution in [3.05, 3.63) is 28.2 Å². The molecule has 0 fully saturated rings. The molecule has 0 aliphatic carbocycles. The standard InChI is InChI=1S/C10H6N4O2/c11-3-5-4-1-7-8(14-10(16)13-7)2-6(4)12-9(5)15/h1-2,11H,(H,12,15)(H2,13,14,16). The van der Waals surface area contributed by atoms with Gasteiger partial charge in [-0.1, -0.05) is 0 Å². The third kappa shape index (κ3) is 0.986. The predicted octanol–water partition coefficient (Wildman–Crippen LogP) is 0.440. The Hall–Kier alpha value is -2.59. The molecule has 0 saturated heterocycles. The van der Waals surface area contributed by atoms with Crippen LogP contribution in [0.15, 0.2) is 16.9 Å². The van der Waals surface area contributed by atoms with Gasteiger partial charge in [0, 0.05) is 5.56 Å². The second-order valence-electron chi connectivity index (χ2n) is 3.48. The third-order valence-corrected chi connectivity index (χ3v) is 2.52. The Kier molecular flexibility index (Phi) is 1.47. The lowest BCUT2D eigenvalue weighted by Crippen LogP contribution is -2.03. The van der Waals surface area contributed by atoms with E-state index < -0.39 is 0 Å². The number of hydrogen-bond donors (Lipinski definition) is 4. The van der Waals surface area contributed by atoms with Crippen LogP contribution in [0, 0.1) is 5.41 Å². The van der Waals surface area contributed by atoms with Gasteiger partial charge < -0.3 is 15.3 Å². The molecule has 2 heterocycles. The Morgan fingerprint density at radius 2 is 1.81 bits per heavy atom. The van der Waals surface area contributed by atoms with E-state index in [1.807, 2.05) is 0 Å². The van der Waals surface area contributed by atoms with Crippen molar-refractivity contribution >= 4 is 34.1 Å². The van der Waals surface area contributed by atoms with Gasteiger partial charge in [0.05, 0.1) is 16.7 Å². The summed E-state index contributed by atoms with van der Waals surface area (Å²) in [6, 6.07) is 3.31. The van der Waals surface area contributed by atoms with E-state index in [2.05, 4.69) is 21.2 Å². The molecule has 0 spiro atoms. The van der Waals surface area contributed by atoms with Crippen LogP contribution in [0.2, 0.25) is 0 Å². The summed E-state index contributed by atoms with van der Waals surface area (Å²) >= 11 is 0. The van der Waals surface area contributed by atoms with Crippen molar-refractivity contribution in [2.45, 2.75) is 0 Å². The van der Waals surface area contributed by atoms with Crippen LogP contribution < -0.4 is 11.0 Å². The number of carbonyl (C=O) groups is 1. The Labute approximate surface area is 88.5 Å². The molecule has 6 heteroatoms. The molecule has 0 radical (unpaired) electrons. The molecule has 0 saturated carbocycles. The van der Waals surface area contributed by atoms with Crippen LogP contribution in [0.25, 0.3) is 16.6 Å². The Bertz CT molecular complexity index is 731. The summed E-state index contributed by atoms with van der Waals surface area (Å²) in [5.41, 5.74) is 2.28. The highest BCUT2D eigenvalue weighted by Crippen LogP contribution is 2.32. The van der Waals surface area contributed by atoms with Crippen molar-refractivity contribution in [1.82, 2.24) is 9.97 Å². The third-order valence-electron chi connectivity index (χ3n) is 2.52. The molecule has 1 aliphatic rings. The summed E-state index contributed by atoms with van der Waals surface area (Å²) in [7, 11) is 0. The summed E-state index contributed by atoms with van der Waals surface area (Å²) in [5, 5.41) is 9.65. The molecule has 1 aliphatic heterocycles. The lowest BCUT2D eigenvalue weighted by molar-refractivity contribution is -0.110. The quantitative estimate of drug-likeness (QED) is 0.377. The van der Waals surface area contributed by atoms with Crippen molar-refractivity contribution in [3.8, 4) is 0 Å². The molecule has 0 atom stereocenters. The molecule has 16 heavy (non-hydrogen) atoms. The molecular formula is C10H6N4O2. The van der Waals surface area contributed by atoms with Gasteiger partial charge in [0.2, 0.25) is 0 Å². The van der Waals surface area contributed by atoms with Gasteiger partial charge in [-0.3, -0.25) is 10.2 Å². The number of fused-ring (bicyclic) bond motifs is 2. The Balaban J connectivity index is 2.41. The molecule has 0 unspecified atom stereocenters. The number of imidazole rings is 1. The zero-order valence-corrected chi connectivity index (χ0v) is 7.97. The van der Waals surface area contributed by atoms with Crippen LogP contribution in [0.5, 0.6) is 0 Å². The predicted molar refractivity (Wildman–Crippen MR) is 58.7 cm³/mol. The minimum atomic E-state index is -0.347. The van der Waals surface area contributed by atoms with E-state index in [1.54, 1.807) is 12.1 Å². The summed E-state index contributed by atoms with van der Waals surface area (Å²) in [4.78, 5) is 27.7. The van der Waals surface area contributed by atoms with Crippen LogP contribution in [-0.2, 0) is 4.79 Å². The van der Waals surface area contributed by atoms with Crippen molar-refractivity contribution < 1.29 is 4.79 Å². The number of H-pyrrole nitrogens is 2. The molecule has 1 amide bonds. The highest BCUT2D eigenvalue weighted by atomic mass is 16.2. The molecule has 4 N–H and O–H groups in total. The van der Waals surface area contributed by atoms with Crippen molar-refractivity contribution in [2.75, 3.05) is 5.32 Å². The highest BCUT2D eigenvalue weighted by Gasteiger charge is 2.25. The molecule has 2 aromatic rings. The number of anilines is 1. The van der Waals surface area contributed by atoms with E-state index in [1.165, 1.54) is 0 Å². The van der Waals surface area contributed by atoms with Gasteiger partial charge in [-0.25, -0.2) is 4.79 Å². The van der Waals surface area contributed by atoms with Crippen LogP contribution in [0.4, 0.5) is 5.69 Å². The van der Waals surface area contributed by atoms with Crippen molar-refractivity contribution in [2.24, 2.45) is 0 Å². The van der Waals surface area contributed by atoms with Gasteiger partial charge >= 0.3 is 5.69 Å². The summed E-state index contributed by atoms with van der Waals surface area (Å²) in [5.74, 6) is 1.75. The molecule has 6 nitrogen and oxygen atoms in total. The molecule has 0 bridgehead atoms. The maximum Gasteiger partial charge on any atom is 0.323 e. The summed E-state index contributed by atoms with van der Waals surface area (Å²) in [6.07, 6.45) is 0. The summed E-state index contributed by atoms with van der Waals surface area (Å²) in [6.45, 7) is 0. The second-order valence-corrected chi connectivity index (χ2v) is 3.48. The average Bonchev–Trinajstić information content (AvgIpc) is 2.71. The molecule has 1 aromatic heterocycles. The SMILES string of the molecule is N=C=C1C(=O)Nc2cc3[nH]c(=O)[nH]c3cc21. The number of benzene rings is 1. The van der Waals surface area contributed by atoms with Crippen LogP contribution in [0.1, 0.15) is 5.56 Å². The van der Waals surface area contributed by atoms with Gasteiger partial charge in [-0.15, -0.1) is 0 Å². The molecule has 3 rings (SSSR count). The zero-order valence-electron chi connectivity index (χ0n) is 7.97. The first-order chi connectivity index (χ1) is 7.69. The number of carbonyl (C=O) groups excluding carboxylic acids is 1. The van der Waals surface area contributed by atoms with Gasteiger partial charge in [0.25, 0.3) is 5.91 Å². The largest absolute Gasteiger partial charge is 0.323 e. The number of hydrogen-bond acceptors (Lipinski definition) is 3. The molecular weight excluding hydrogens is 208 g/mol. The Morgan fingerprint density at radius 1 is 1.12 bits per heavy atom. The van der Waals surface area contributed by atoms with Crippen LogP contribution in [-0.4, -0.2) is 21.7 Å². The minimum Gasteiger partial charge on any atom is -0.321 e. The number of aromatic amines is 2. The minimum absolute atomic E-state index is 0.180. The van der Waals surface area contributed by atoms with E-state index in [0.717, 1.165) is 0 Å². The number of nitrogens with one attached hydrogen (secondary N) is 4. The lowest BCUT2D eigenvalue weighted by Gasteiger charge is -1.96. The monoisotopic (exact) mass is 214 g/mol. The van der Waals surface area contributed by atoms with E-state index in [9.17, 15) is 9.59 Å². The first kappa shape index (κ1) is 8.70. The molecule has 1 aromatic carbocycles.